The third-order valence-electron chi connectivity index (χ3n) is 1.27. The Morgan fingerprint density at radius 3 is 2.36 bits per heavy atom. The molecule has 0 atom stereocenters. The van der Waals surface area contributed by atoms with E-state index < -0.39 is 10.0 Å². The second kappa shape index (κ2) is 4.97. The van der Waals surface area contributed by atoms with Crippen molar-refractivity contribution in [3.05, 3.63) is 0 Å². The molecule has 0 aliphatic heterocycles. The minimum Gasteiger partial charge on any atom is -0.395 e. The zero-order valence-corrected chi connectivity index (χ0v) is 8.11. The summed E-state index contributed by atoms with van der Waals surface area (Å²) in [5, 5.41) is 8.49. The average molecular weight is 199 g/mol. The van der Waals surface area contributed by atoms with Gasteiger partial charge < -0.3 is 5.11 Å². The summed E-state index contributed by atoms with van der Waals surface area (Å²) >= 11 is 3.83. The predicted molar refractivity (Wildman–Crippen MR) is 47.1 cm³/mol. The molecule has 0 saturated carbocycles. The van der Waals surface area contributed by atoms with E-state index in [4.69, 9.17) is 5.11 Å². The monoisotopic (exact) mass is 199 g/mol. The van der Waals surface area contributed by atoms with Crippen molar-refractivity contribution in [3.63, 3.8) is 0 Å². The van der Waals surface area contributed by atoms with Gasteiger partial charge in [0.15, 0.2) is 0 Å². The van der Waals surface area contributed by atoms with Crippen molar-refractivity contribution in [3.8, 4) is 0 Å². The highest BCUT2D eigenvalue weighted by Crippen LogP contribution is 2.01. The SMILES string of the molecule is CCS(=O)(=O)N(CS)CCO. The van der Waals surface area contributed by atoms with Crippen molar-refractivity contribution in [1.29, 1.82) is 0 Å². The zero-order valence-electron chi connectivity index (χ0n) is 6.39. The van der Waals surface area contributed by atoms with Crippen LogP contribution in [0.15, 0.2) is 0 Å². The van der Waals surface area contributed by atoms with Crippen LogP contribution in [-0.2, 0) is 10.0 Å². The van der Waals surface area contributed by atoms with Gasteiger partial charge in [-0.2, -0.15) is 16.9 Å². The van der Waals surface area contributed by atoms with Gasteiger partial charge in [0.25, 0.3) is 0 Å². The lowest BCUT2D eigenvalue weighted by Gasteiger charge is -2.16. The maximum absolute atomic E-state index is 11.1. The van der Waals surface area contributed by atoms with Gasteiger partial charge in [-0.1, -0.05) is 0 Å². The highest BCUT2D eigenvalue weighted by Gasteiger charge is 2.16. The molecule has 4 nitrogen and oxygen atoms in total. The van der Waals surface area contributed by atoms with Crippen LogP contribution in [-0.4, -0.2) is 42.6 Å². The summed E-state index contributed by atoms with van der Waals surface area (Å²) in [4.78, 5) is 0. The fourth-order valence-corrected chi connectivity index (χ4v) is 2.16. The zero-order chi connectivity index (χ0) is 8.91. The maximum atomic E-state index is 11.1. The van der Waals surface area contributed by atoms with Crippen molar-refractivity contribution < 1.29 is 13.5 Å². The van der Waals surface area contributed by atoms with Crippen molar-refractivity contribution in [2.75, 3.05) is 24.8 Å². The fraction of sp³-hybridized carbons (Fsp3) is 1.00. The molecule has 0 fully saturated rings. The lowest BCUT2D eigenvalue weighted by molar-refractivity contribution is 0.264. The van der Waals surface area contributed by atoms with Crippen LogP contribution in [0.4, 0.5) is 0 Å². The molecule has 68 valence electrons. The van der Waals surface area contributed by atoms with E-state index in [1.807, 2.05) is 0 Å². The van der Waals surface area contributed by atoms with Crippen LogP contribution < -0.4 is 0 Å². The number of nitrogens with zero attached hydrogens (tertiary/aromatic N) is 1. The summed E-state index contributed by atoms with van der Waals surface area (Å²) in [7, 11) is -3.18. The molecule has 0 amide bonds. The summed E-state index contributed by atoms with van der Waals surface area (Å²) in [5.74, 6) is 0.171. The van der Waals surface area contributed by atoms with Crippen LogP contribution in [0, 0.1) is 0 Å². The summed E-state index contributed by atoms with van der Waals surface area (Å²) in [5.41, 5.74) is 0. The van der Waals surface area contributed by atoms with E-state index in [1.165, 1.54) is 0 Å². The number of thiol groups is 1. The van der Waals surface area contributed by atoms with Crippen molar-refractivity contribution >= 4 is 22.7 Å². The number of hydrogen-bond donors (Lipinski definition) is 2. The molecule has 0 bridgehead atoms. The summed E-state index contributed by atoms with van der Waals surface area (Å²) < 4.78 is 23.3. The van der Waals surface area contributed by atoms with Crippen molar-refractivity contribution in [1.82, 2.24) is 4.31 Å². The molecule has 0 aromatic heterocycles. The molecule has 0 aliphatic carbocycles. The van der Waals surface area contributed by atoms with E-state index in [-0.39, 0.29) is 24.8 Å². The van der Waals surface area contributed by atoms with Crippen LogP contribution in [0.5, 0.6) is 0 Å². The van der Waals surface area contributed by atoms with E-state index in [0.29, 0.717) is 0 Å². The van der Waals surface area contributed by atoms with Crippen LogP contribution in [0.1, 0.15) is 6.92 Å². The number of hydrogen-bond acceptors (Lipinski definition) is 4. The van der Waals surface area contributed by atoms with Gasteiger partial charge in [0.1, 0.15) is 0 Å². The van der Waals surface area contributed by atoms with Crippen molar-refractivity contribution in [2.45, 2.75) is 6.92 Å². The van der Waals surface area contributed by atoms with Gasteiger partial charge in [0, 0.05) is 6.54 Å². The quantitative estimate of drug-likeness (QED) is 0.464. The Morgan fingerprint density at radius 2 is 2.09 bits per heavy atom. The Labute approximate surface area is 72.7 Å². The lowest BCUT2D eigenvalue weighted by atomic mass is 10.7. The molecule has 0 saturated heterocycles. The van der Waals surface area contributed by atoms with Gasteiger partial charge in [-0.3, -0.25) is 0 Å². The Kier molecular flexibility index (Phi) is 5.07. The second-order valence-corrected chi connectivity index (χ2v) is 4.48. The van der Waals surface area contributed by atoms with E-state index >= 15 is 0 Å². The maximum Gasteiger partial charge on any atom is 0.214 e. The van der Waals surface area contributed by atoms with Crippen molar-refractivity contribution in [2.24, 2.45) is 0 Å². The van der Waals surface area contributed by atoms with E-state index in [0.717, 1.165) is 4.31 Å². The molecule has 0 rings (SSSR count). The number of aliphatic hydroxyl groups excluding tert-OH is 1. The number of aliphatic hydroxyl groups is 1. The third-order valence-corrected chi connectivity index (χ3v) is 3.63. The van der Waals surface area contributed by atoms with Gasteiger partial charge in [0.05, 0.1) is 18.2 Å². The van der Waals surface area contributed by atoms with Gasteiger partial charge in [0.2, 0.25) is 10.0 Å². The first-order valence-corrected chi connectivity index (χ1v) is 5.52. The Hall–Kier alpha value is 0.220. The van der Waals surface area contributed by atoms with Gasteiger partial charge in [-0.05, 0) is 6.92 Å². The van der Waals surface area contributed by atoms with E-state index in [9.17, 15) is 8.42 Å². The largest absolute Gasteiger partial charge is 0.395 e. The molecule has 0 aromatic rings. The molecule has 11 heavy (non-hydrogen) atoms. The molecule has 0 unspecified atom stereocenters. The highest BCUT2D eigenvalue weighted by molar-refractivity contribution is 7.90. The first-order chi connectivity index (χ1) is 5.08. The number of sulfonamides is 1. The van der Waals surface area contributed by atoms with Crippen LogP contribution in [0.3, 0.4) is 0 Å². The fourth-order valence-electron chi connectivity index (χ4n) is 0.592. The minimum atomic E-state index is -3.18. The standard InChI is InChI=1S/C5H13NO3S2/c1-2-11(8,9)6(5-10)3-4-7/h7,10H,2-5H2,1H3. The molecule has 6 heteroatoms. The van der Waals surface area contributed by atoms with Crippen LogP contribution >= 0.6 is 12.6 Å². The smallest absolute Gasteiger partial charge is 0.214 e. The predicted octanol–water partition coefficient (Wildman–Crippen LogP) is -0.482. The molecule has 0 aromatic carbocycles. The molecular formula is C5H13NO3S2. The molecule has 0 heterocycles. The van der Waals surface area contributed by atoms with Gasteiger partial charge in [-0.25, -0.2) is 8.42 Å². The van der Waals surface area contributed by atoms with Crippen LogP contribution in [0.2, 0.25) is 0 Å². The first kappa shape index (κ1) is 11.2. The molecule has 0 aliphatic rings. The molecule has 0 radical (unpaired) electrons. The minimum absolute atomic E-state index is 0.0492. The first-order valence-electron chi connectivity index (χ1n) is 3.28. The lowest BCUT2D eigenvalue weighted by Crippen LogP contribution is -2.33. The van der Waals surface area contributed by atoms with Gasteiger partial charge >= 0.3 is 0 Å². The van der Waals surface area contributed by atoms with Crippen LogP contribution in [0.25, 0.3) is 0 Å². The topological polar surface area (TPSA) is 57.6 Å². The Morgan fingerprint density at radius 1 is 1.55 bits per heavy atom. The Balaban J connectivity index is 4.25. The third kappa shape index (κ3) is 3.42. The average Bonchev–Trinajstić information content (AvgIpc) is 2.00. The second-order valence-electron chi connectivity index (χ2n) is 1.94. The Bertz CT molecular complexity index is 190. The normalized spacial score (nSPS) is 12.4. The highest BCUT2D eigenvalue weighted by atomic mass is 32.2. The van der Waals surface area contributed by atoms with E-state index in [2.05, 4.69) is 12.6 Å². The number of rotatable bonds is 5. The van der Waals surface area contributed by atoms with E-state index in [1.54, 1.807) is 6.92 Å². The molecular weight excluding hydrogens is 186 g/mol. The summed E-state index contributed by atoms with van der Waals surface area (Å²) in [6, 6.07) is 0. The van der Waals surface area contributed by atoms with Gasteiger partial charge in [-0.15, -0.1) is 0 Å². The summed E-state index contributed by atoms with van der Waals surface area (Å²) in [6.07, 6.45) is 0. The molecule has 0 spiro atoms. The molecule has 1 N–H and O–H groups in total. The summed E-state index contributed by atoms with van der Waals surface area (Å²) in [6.45, 7) is 1.52.